The van der Waals surface area contributed by atoms with Gasteiger partial charge in [-0.1, -0.05) is 43.3 Å². The summed E-state index contributed by atoms with van der Waals surface area (Å²) in [5.74, 6) is 1.02. The van der Waals surface area contributed by atoms with Gasteiger partial charge in [-0.05, 0) is 48.7 Å². The van der Waals surface area contributed by atoms with Crippen LogP contribution in [-0.2, 0) is 6.42 Å². The second-order valence-electron chi connectivity index (χ2n) is 5.50. The van der Waals surface area contributed by atoms with Gasteiger partial charge in [0.15, 0.2) is 0 Å². The SMILES string of the molecule is CCc1ccc2cc3ccccc3c(OC(C)C)c2c1. The minimum absolute atomic E-state index is 0.175. The lowest BCUT2D eigenvalue weighted by molar-refractivity contribution is 0.248. The number of ether oxygens (including phenoxy) is 1. The molecule has 0 radical (unpaired) electrons. The molecule has 0 N–H and O–H groups in total. The first kappa shape index (κ1) is 13.0. The number of hydrogen-bond acceptors (Lipinski definition) is 1. The molecule has 0 saturated carbocycles. The maximum atomic E-state index is 6.14. The third kappa shape index (κ3) is 2.24. The highest BCUT2D eigenvalue weighted by Gasteiger charge is 2.10. The average molecular weight is 264 g/mol. The van der Waals surface area contributed by atoms with Crippen LogP contribution in [0.3, 0.4) is 0 Å². The Morgan fingerprint density at radius 3 is 2.40 bits per heavy atom. The molecule has 0 unspecified atom stereocenters. The molecule has 0 atom stereocenters. The Kier molecular flexibility index (Phi) is 3.35. The van der Waals surface area contributed by atoms with Crippen LogP contribution in [0.15, 0.2) is 48.5 Å². The van der Waals surface area contributed by atoms with Gasteiger partial charge in [-0.3, -0.25) is 0 Å². The molecule has 0 heterocycles. The zero-order chi connectivity index (χ0) is 14.1. The third-order valence-electron chi connectivity index (χ3n) is 3.64. The van der Waals surface area contributed by atoms with Crippen LogP contribution in [0.25, 0.3) is 21.5 Å². The van der Waals surface area contributed by atoms with Crippen molar-refractivity contribution in [1.82, 2.24) is 0 Å². The third-order valence-corrected chi connectivity index (χ3v) is 3.64. The van der Waals surface area contributed by atoms with E-state index in [2.05, 4.69) is 69.3 Å². The van der Waals surface area contributed by atoms with E-state index in [4.69, 9.17) is 4.74 Å². The van der Waals surface area contributed by atoms with Crippen molar-refractivity contribution < 1.29 is 4.74 Å². The second kappa shape index (κ2) is 5.16. The molecule has 20 heavy (non-hydrogen) atoms. The molecule has 3 aromatic carbocycles. The summed E-state index contributed by atoms with van der Waals surface area (Å²) in [4.78, 5) is 0. The predicted molar refractivity (Wildman–Crippen MR) is 86.6 cm³/mol. The van der Waals surface area contributed by atoms with Crippen LogP contribution < -0.4 is 4.74 Å². The molecule has 102 valence electrons. The summed E-state index contributed by atoms with van der Waals surface area (Å²) in [6.07, 6.45) is 1.22. The molecule has 0 spiro atoms. The Labute approximate surface area is 120 Å². The fraction of sp³-hybridized carbons (Fsp3) is 0.263. The average Bonchev–Trinajstić information content (AvgIpc) is 2.46. The predicted octanol–water partition coefficient (Wildman–Crippen LogP) is 5.34. The van der Waals surface area contributed by atoms with E-state index in [-0.39, 0.29) is 6.10 Å². The van der Waals surface area contributed by atoms with Gasteiger partial charge < -0.3 is 4.74 Å². The van der Waals surface area contributed by atoms with E-state index in [9.17, 15) is 0 Å². The van der Waals surface area contributed by atoms with Crippen LogP contribution in [-0.4, -0.2) is 6.10 Å². The largest absolute Gasteiger partial charge is 0.490 e. The summed E-state index contributed by atoms with van der Waals surface area (Å²) < 4.78 is 6.14. The first-order chi connectivity index (χ1) is 9.69. The molecule has 3 rings (SSSR count). The van der Waals surface area contributed by atoms with Crippen LogP contribution in [0.5, 0.6) is 5.75 Å². The summed E-state index contributed by atoms with van der Waals surface area (Å²) in [5.41, 5.74) is 1.35. The topological polar surface area (TPSA) is 9.23 Å². The number of aryl methyl sites for hydroxylation is 1. The van der Waals surface area contributed by atoms with Gasteiger partial charge in [-0.25, -0.2) is 0 Å². The smallest absolute Gasteiger partial charge is 0.135 e. The molecular weight excluding hydrogens is 244 g/mol. The Bertz CT molecular complexity index is 756. The molecule has 0 saturated heterocycles. The molecule has 0 aliphatic carbocycles. The lowest BCUT2D eigenvalue weighted by atomic mass is 9.99. The minimum atomic E-state index is 0.175. The van der Waals surface area contributed by atoms with E-state index in [0.29, 0.717) is 0 Å². The lowest BCUT2D eigenvalue weighted by Gasteiger charge is -2.16. The van der Waals surface area contributed by atoms with Crippen molar-refractivity contribution >= 4 is 21.5 Å². The van der Waals surface area contributed by atoms with Crippen LogP contribution in [0.1, 0.15) is 26.3 Å². The Morgan fingerprint density at radius 2 is 1.65 bits per heavy atom. The summed E-state index contributed by atoms with van der Waals surface area (Å²) >= 11 is 0. The molecule has 3 aromatic rings. The van der Waals surface area contributed by atoms with Crippen LogP contribution in [0.4, 0.5) is 0 Å². The number of rotatable bonds is 3. The van der Waals surface area contributed by atoms with Crippen LogP contribution in [0, 0.1) is 0 Å². The van der Waals surface area contributed by atoms with Crippen molar-refractivity contribution in [2.45, 2.75) is 33.3 Å². The van der Waals surface area contributed by atoms with Gasteiger partial charge in [0.05, 0.1) is 6.10 Å². The van der Waals surface area contributed by atoms with Gasteiger partial charge in [0.2, 0.25) is 0 Å². The van der Waals surface area contributed by atoms with Crippen molar-refractivity contribution in [1.29, 1.82) is 0 Å². The standard InChI is InChI=1S/C19H20O/c1-4-14-9-10-16-12-15-7-5-6-8-17(15)19(18(16)11-14)20-13(2)3/h5-13H,4H2,1-3H3. The van der Waals surface area contributed by atoms with E-state index in [1.807, 2.05) is 0 Å². The van der Waals surface area contributed by atoms with E-state index in [1.54, 1.807) is 0 Å². The highest BCUT2D eigenvalue weighted by Crippen LogP contribution is 2.36. The van der Waals surface area contributed by atoms with Crippen molar-refractivity contribution in [3.05, 3.63) is 54.1 Å². The quantitative estimate of drug-likeness (QED) is 0.580. The molecular formula is C19H20O. The second-order valence-corrected chi connectivity index (χ2v) is 5.50. The minimum Gasteiger partial charge on any atom is -0.490 e. The molecule has 1 heteroatoms. The Hall–Kier alpha value is -2.02. The number of fused-ring (bicyclic) bond motifs is 2. The monoisotopic (exact) mass is 264 g/mol. The maximum absolute atomic E-state index is 6.14. The zero-order valence-corrected chi connectivity index (χ0v) is 12.3. The summed E-state index contributed by atoms with van der Waals surface area (Å²) in [7, 11) is 0. The van der Waals surface area contributed by atoms with E-state index in [0.717, 1.165) is 12.2 Å². The van der Waals surface area contributed by atoms with Crippen LogP contribution >= 0.6 is 0 Å². The van der Waals surface area contributed by atoms with Gasteiger partial charge in [0, 0.05) is 10.8 Å². The van der Waals surface area contributed by atoms with Crippen molar-refractivity contribution in [2.75, 3.05) is 0 Å². The first-order valence-corrected chi connectivity index (χ1v) is 7.30. The highest BCUT2D eigenvalue weighted by atomic mass is 16.5. The van der Waals surface area contributed by atoms with Crippen molar-refractivity contribution in [3.8, 4) is 5.75 Å². The first-order valence-electron chi connectivity index (χ1n) is 7.30. The van der Waals surface area contributed by atoms with E-state index >= 15 is 0 Å². The fourth-order valence-electron chi connectivity index (χ4n) is 2.65. The van der Waals surface area contributed by atoms with Gasteiger partial charge in [0.1, 0.15) is 5.75 Å². The molecule has 0 bridgehead atoms. The number of benzene rings is 3. The highest BCUT2D eigenvalue weighted by molar-refractivity contribution is 6.05. The lowest BCUT2D eigenvalue weighted by Crippen LogP contribution is -2.06. The van der Waals surface area contributed by atoms with Gasteiger partial charge in [-0.15, -0.1) is 0 Å². The maximum Gasteiger partial charge on any atom is 0.135 e. The fourth-order valence-corrected chi connectivity index (χ4v) is 2.65. The molecule has 0 amide bonds. The summed E-state index contributed by atoms with van der Waals surface area (Å²) in [5, 5.41) is 4.90. The normalized spacial score (nSPS) is 11.4. The van der Waals surface area contributed by atoms with Crippen molar-refractivity contribution in [3.63, 3.8) is 0 Å². The molecule has 0 aliphatic rings. The summed E-state index contributed by atoms with van der Waals surface area (Å²) in [6, 6.07) is 17.4. The molecule has 1 nitrogen and oxygen atoms in total. The molecule has 0 aliphatic heterocycles. The Balaban J connectivity index is 2.38. The van der Waals surface area contributed by atoms with Gasteiger partial charge >= 0.3 is 0 Å². The van der Waals surface area contributed by atoms with Gasteiger partial charge in [-0.2, -0.15) is 0 Å². The van der Waals surface area contributed by atoms with Crippen molar-refractivity contribution in [2.24, 2.45) is 0 Å². The van der Waals surface area contributed by atoms with Crippen LogP contribution in [0.2, 0.25) is 0 Å². The number of hydrogen-bond donors (Lipinski definition) is 0. The van der Waals surface area contributed by atoms with E-state index in [1.165, 1.54) is 27.1 Å². The van der Waals surface area contributed by atoms with Gasteiger partial charge in [0.25, 0.3) is 0 Å². The summed E-state index contributed by atoms with van der Waals surface area (Å²) in [6.45, 7) is 6.35. The Morgan fingerprint density at radius 1 is 0.900 bits per heavy atom. The zero-order valence-electron chi connectivity index (χ0n) is 12.3. The molecule has 0 fully saturated rings. The van der Waals surface area contributed by atoms with E-state index < -0.39 is 0 Å². The molecule has 0 aromatic heterocycles.